The van der Waals surface area contributed by atoms with E-state index in [0.717, 1.165) is 46.8 Å². The fourth-order valence-corrected chi connectivity index (χ4v) is 3.67. The molecule has 1 atom stereocenters. The lowest BCUT2D eigenvalue weighted by atomic mass is 9.98. The summed E-state index contributed by atoms with van der Waals surface area (Å²) in [6.07, 6.45) is 4.39. The number of hydrogen-bond donors (Lipinski definition) is 2. The van der Waals surface area contributed by atoms with Crippen LogP contribution in [0.5, 0.6) is 0 Å². The van der Waals surface area contributed by atoms with E-state index in [4.69, 9.17) is 11.6 Å². The number of aryl methyl sites for hydroxylation is 2. The molecule has 0 aliphatic carbocycles. The maximum atomic E-state index is 12.5. The molecule has 3 aromatic rings. The molecule has 1 unspecified atom stereocenters. The van der Waals surface area contributed by atoms with Gasteiger partial charge in [-0.2, -0.15) is 0 Å². The number of rotatable bonds is 4. The summed E-state index contributed by atoms with van der Waals surface area (Å²) in [6.45, 7) is 3.21. The summed E-state index contributed by atoms with van der Waals surface area (Å²) in [5, 5.41) is 13.1. The van der Waals surface area contributed by atoms with E-state index < -0.39 is 0 Å². The van der Waals surface area contributed by atoms with Crippen LogP contribution in [0.1, 0.15) is 23.6 Å². The minimum atomic E-state index is -0.0142. The van der Waals surface area contributed by atoms with E-state index in [9.17, 15) is 4.79 Å². The molecule has 4 rings (SSSR count). The van der Waals surface area contributed by atoms with Crippen LogP contribution in [0.4, 0.5) is 0 Å². The standard InChI is InChI=1S/C18H20ClN5O/c1-11-22-23-17-5-2-13(10-24(11)17)18(25)20-7-6-12-9-21-16-4-3-14(19)8-15(12)16/h3-4,8-9,13,21H,2,5-7,10H2,1H3,(H,20,25). The van der Waals surface area contributed by atoms with Crippen LogP contribution in [0, 0.1) is 12.8 Å². The van der Waals surface area contributed by atoms with Gasteiger partial charge in [0.25, 0.3) is 0 Å². The third-order valence-electron chi connectivity index (χ3n) is 4.93. The normalized spacial score (nSPS) is 16.8. The van der Waals surface area contributed by atoms with Gasteiger partial charge in [-0.05, 0) is 43.5 Å². The Hall–Kier alpha value is -2.34. The van der Waals surface area contributed by atoms with Gasteiger partial charge in [0.05, 0.1) is 5.92 Å². The molecule has 7 heteroatoms. The van der Waals surface area contributed by atoms with Crippen LogP contribution >= 0.6 is 11.6 Å². The van der Waals surface area contributed by atoms with Crippen LogP contribution in [0.25, 0.3) is 10.9 Å². The predicted molar refractivity (Wildman–Crippen MR) is 96.6 cm³/mol. The quantitative estimate of drug-likeness (QED) is 0.753. The number of benzene rings is 1. The average Bonchev–Trinajstić information content (AvgIpc) is 3.18. The molecule has 25 heavy (non-hydrogen) atoms. The first-order chi connectivity index (χ1) is 12.1. The lowest BCUT2D eigenvalue weighted by Crippen LogP contribution is -2.37. The second-order valence-electron chi connectivity index (χ2n) is 6.55. The number of nitrogens with zero attached hydrogens (tertiary/aromatic N) is 3. The van der Waals surface area contributed by atoms with E-state index >= 15 is 0 Å². The highest BCUT2D eigenvalue weighted by molar-refractivity contribution is 6.31. The highest BCUT2D eigenvalue weighted by atomic mass is 35.5. The van der Waals surface area contributed by atoms with Crippen molar-refractivity contribution < 1.29 is 4.79 Å². The highest BCUT2D eigenvalue weighted by Gasteiger charge is 2.26. The van der Waals surface area contributed by atoms with Crippen molar-refractivity contribution in [2.45, 2.75) is 32.7 Å². The Morgan fingerprint density at radius 3 is 3.20 bits per heavy atom. The van der Waals surface area contributed by atoms with Gasteiger partial charge in [-0.3, -0.25) is 4.79 Å². The van der Waals surface area contributed by atoms with Crippen LogP contribution in [0.2, 0.25) is 5.02 Å². The number of halogens is 1. The lowest BCUT2D eigenvalue weighted by molar-refractivity contribution is -0.125. The van der Waals surface area contributed by atoms with Gasteiger partial charge in [0.2, 0.25) is 5.91 Å². The van der Waals surface area contributed by atoms with Crippen LogP contribution in [0.3, 0.4) is 0 Å². The third kappa shape index (κ3) is 3.14. The Labute approximate surface area is 150 Å². The van der Waals surface area contributed by atoms with Crippen LogP contribution < -0.4 is 5.32 Å². The van der Waals surface area contributed by atoms with Gasteiger partial charge in [-0.15, -0.1) is 10.2 Å². The number of aromatic nitrogens is 4. The fraction of sp³-hybridized carbons (Fsp3) is 0.389. The Kier molecular flexibility index (Phi) is 4.21. The summed E-state index contributed by atoms with van der Waals surface area (Å²) >= 11 is 6.08. The number of fused-ring (bicyclic) bond motifs is 2. The molecule has 3 heterocycles. The second kappa shape index (κ2) is 6.52. The summed E-state index contributed by atoms with van der Waals surface area (Å²) < 4.78 is 2.05. The summed E-state index contributed by atoms with van der Waals surface area (Å²) in [4.78, 5) is 15.7. The summed E-state index contributed by atoms with van der Waals surface area (Å²) in [6, 6.07) is 5.80. The summed E-state index contributed by atoms with van der Waals surface area (Å²) in [5.41, 5.74) is 2.23. The van der Waals surface area contributed by atoms with E-state index in [1.54, 1.807) is 0 Å². The van der Waals surface area contributed by atoms with E-state index in [2.05, 4.69) is 25.1 Å². The topological polar surface area (TPSA) is 75.6 Å². The Morgan fingerprint density at radius 1 is 1.44 bits per heavy atom. The van der Waals surface area contributed by atoms with Gasteiger partial charge < -0.3 is 14.9 Å². The summed E-state index contributed by atoms with van der Waals surface area (Å²) in [5.74, 6) is 1.96. The fourth-order valence-electron chi connectivity index (χ4n) is 3.50. The van der Waals surface area contributed by atoms with Gasteiger partial charge in [0.1, 0.15) is 11.6 Å². The van der Waals surface area contributed by atoms with Crippen molar-refractivity contribution in [3.8, 4) is 0 Å². The number of carbonyl (C=O) groups excluding carboxylic acids is 1. The van der Waals surface area contributed by atoms with Crippen molar-refractivity contribution in [2.24, 2.45) is 5.92 Å². The predicted octanol–water partition coefficient (Wildman–Crippen LogP) is 2.64. The van der Waals surface area contributed by atoms with E-state index in [-0.39, 0.29) is 11.8 Å². The van der Waals surface area contributed by atoms with E-state index in [1.807, 2.05) is 31.3 Å². The van der Waals surface area contributed by atoms with Crippen molar-refractivity contribution in [3.05, 3.63) is 46.6 Å². The van der Waals surface area contributed by atoms with Gasteiger partial charge in [0, 0.05) is 41.6 Å². The molecule has 0 saturated carbocycles. The first-order valence-corrected chi connectivity index (χ1v) is 8.91. The molecular weight excluding hydrogens is 338 g/mol. The second-order valence-corrected chi connectivity index (χ2v) is 6.99. The molecule has 130 valence electrons. The lowest BCUT2D eigenvalue weighted by Gasteiger charge is -2.23. The molecular formula is C18H20ClN5O. The molecule has 2 aromatic heterocycles. The molecule has 1 aliphatic rings. The van der Waals surface area contributed by atoms with Crippen molar-refractivity contribution in [1.82, 2.24) is 25.1 Å². The Bertz CT molecular complexity index is 929. The zero-order valence-electron chi connectivity index (χ0n) is 14.1. The minimum absolute atomic E-state index is 0.0142. The molecule has 0 spiro atoms. The molecule has 1 aliphatic heterocycles. The van der Waals surface area contributed by atoms with Crippen molar-refractivity contribution in [1.29, 1.82) is 0 Å². The van der Waals surface area contributed by atoms with E-state index in [0.29, 0.717) is 13.1 Å². The first-order valence-electron chi connectivity index (χ1n) is 8.53. The van der Waals surface area contributed by atoms with Gasteiger partial charge >= 0.3 is 0 Å². The maximum absolute atomic E-state index is 12.5. The zero-order valence-corrected chi connectivity index (χ0v) is 14.8. The third-order valence-corrected chi connectivity index (χ3v) is 5.16. The zero-order chi connectivity index (χ0) is 17.4. The molecule has 1 amide bonds. The number of nitrogens with one attached hydrogen (secondary N) is 2. The van der Waals surface area contributed by atoms with E-state index in [1.165, 1.54) is 5.56 Å². The molecule has 2 N–H and O–H groups in total. The molecule has 0 radical (unpaired) electrons. The van der Waals surface area contributed by atoms with Gasteiger partial charge in [0.15, 0.2) is 0 Å². The largest absolute Gasteiger partial charge is 0.361 e. The maximum Gasteiger partial charge on any atom is 0.224 e. The number of H-pyrrole nitrogens is 1. The smallest absolute Gasteiger partial charge is 0.224 e. The first kappa shape index (κ1) is 16.1. The molecule has 0 bridgehead atoms. The van der Waals surface area contributed by atoms with Gasteiger partial charge in [-0.1, -0.05) is 11.6 Å². The van der Waals surface area contributed by atoms with Gasteiger partial charge in [-0.25, -0.2) is 0 Å². The molecule has 0 fully saturated rings. The number of aromatic amines is 1. The molecule has 1 aromatic carbocycles. The minimum Gasteiger partial charge on any atom is -0.361 e. The van der Waals surface area contributed by atoms with Crippen molar-refractivity contribution >= 4 is 28.4 Å². The number of carbonyl (C=O) groups is 1. The number of hydrogen-bond acceptors (Lipinski definition) is 3. The van der Waals surface area contributed by atoms with Crippen LogP contribution in [-0.4, -0.2) is 32.2 Å². The highest BCUT2D eigenvalue weighted by Crippen LogP contribution is 2.23. The van der Waals surface area contributed by atoms with Crippen LogP contribution in [0.15, 0.2) is 24.4 Å². The molecule has 6 nitrogen and oxygen atoms in total. The van der Waals surface area contributed by atoms with Crippen LogP contribution in [-0.2, 0) is 24.2 Å². The van der Waals surface area contributed by atoms with Crippen molar-refractivity contribution in [2.75, 3.05) is 6.54 Å². The average molecular weight is 358 g/mol. The summed E-state index contributed by atoms with van der Waals surface area (Å²) in [7, 11) is 0. The monoisotopic (exact) mass is 357 g/mol. The number of amides is 1. The Balaban J connectivity index is 1.36. The molecule has 0 saturated heterocycles. The SMILES string of the molecule is Cc1nnc2n1CC(C(=O)NCCc1c[nH]c3ccc(Cl)cc13)CC2. The van der Waals surface area contributed by atoms with Crippen molar-refractivity contribution in [3.63, 3.8) is 0 Å². The Morgan fingerprint density at radius 2 is 2.32 bits per heavy atom.